The Hall–Kier alpha value is -2.56. The van der Waals surface area contributed by atoms with Gasteiger partial charge in [0.2, 0.25) is 6.79 Å². The SMILES string of the molecule is Cc1cc2c(s1)=Nc1ccccc1N(C(=O)OCOC(=O)CC(C)(S)CC(C)(C)C)C=2N1CCN(C)CC1. The molecule has 1 saturated heterocycles. The number of thiophene rings is 1. The first-order valence-electron chi connectivity index (χ1n) is 12.9. The summed E-state index contributed by atoms with van der Waals surface area (Å²) >= 11 is 6.28. The van der Waals surface area contributed by atoms with Gasteiger partial charge in [-0.15, -0.1) is 11.3 Å². The van der Waals surface area contributed by atoms with Crippen LogP contribution in [0.2, 0.25) is 0 Å². The topological polar surface area (TPSA) is 74.7 Å². The van der Waals surface area contributed by atoms with E-state index in [1.165, 1.54) is 0 Å². The Morgan fingerprint density at radius 2 is 1.76 bits per heavy atom. The fraction of sp³-hybridized carbons (Fsp3) is 0.536. The van der Waals surface area contributed by atoms with Crippen LogP contribution in [0.4, 0.5) is 16.2 Å². The lowest BCUT2D eigenvalue weighted by atomic mass is 9.83. The Balaban J connectivity index is 1.59. The van der Waals surface area contributed by atoms with Crippen molar-refractivity contribution in [3.8, 4) is 0 Å². The number of hydrogen-bond donors (Lipinski definition) is 1. The molecular weight excluding hydrogens is 520 g/mol. The molecule has 8 nitrogen and oxygen atoms in total. The largest absolute Gasteiger partial charge is 0.428 e. The lowest BCUT2D eigenvalue weighted by Gasteiger charge is -2.38. The van der Waals surface area contributed by atoms with Crippen molar-refractivity contribution >= 4 is 53.2 Å². The molecule has 0 saturated carbocycles. The molecule has 1 atom stereocenters. The average Bonchev–Trinajstić information content (AvgIpc) is 3.09. The number of likely N-dealkylation sites (N-methyl/N-ethyl adjacent to an activating group) is 1. The third kappa shape index (κ3) is 6.90. The normalized spacial score (nSPS) is 17.6. The second kappa shape index (κ2) is 11.3. The summed E-state index contributed by atoms with van der Waals surface area (Å²) < 4.78 is 11.2. The molecule has 0 aliphatic carbocycles. The quantitative estimate of drug-likeness (QED) is 0.324. The maximum absolute atomic E-state index is 13.7. The number of hydrogen-bond acceptors (Lipinski definition) is 9. The molecule has 1 aromatic carbocycles. The van der Waals surface area contributed by atoms with Crippen LogP contribution in [-0.2, 0) is 14.3 Å². The molecule has 1 aromatic heterocycles. The zero-order valence-electron chi connectivity index (χ0n) is 23.1. The number of amides is 1. The lowest BCUT2D eigenvalue weighted by molar-refractivity contribution is -0.152. The first-order valence-corrected chi connectivity index (χ1v) is 14.2. The van der Waals surface area contributed by atoms with Gasteiger partial charge in [0.05, 0.1) is 23.0 Å². The number of benzene rings is 1. The summed E-state index contributed by atoms with van der Waals surface area (Å²) in [6.45, 7) is 13.1. The van der Waals surface area contributed by atoms with Crippen LogP contribution < -0.4 is 14.8 Å². The van der Waals surface area contributed by atoms with E-state index in [1.54, 1.807) is 16.2 Å². The molecule has 1 unspecified atom stereocenters. The van der Waals surface area contributed by atoms with Gasteiger partial charge in [0.25, 0.3) is 0 Å². The number of esters is 1. The van der Waals surface area contributed by atoms with Gasteiger partial charge >= 0.3 is 12.1 Å². The van der Waals surface area contributed by atoms with Gasteiger partial charge in [0, 0.05) is 35.8 Å². The number of fused-ring (bicyclic) bond motifs is 2. The van der Waals surface area contributed by atoms with Gasteiger partial charge in [-0.25, -0.2) is 14.7 Å². The summed E-state index contributed by atoms with van der Waals surface area (Å²) in [5.41, 5.74) is 1.33. The molecular formula is C28H38N4O4S2. The molecule has 1 fully saturated rings. The standard InChI is InChI=1S/C28H38N4O4S2/c1-19-15-20-24(38-19)29-21-9-7-8-10-22(21)32(25(20)31-13-11-30(6)12-14-31)26(34)36-18-35-23(33)16-28(5,37)17-27(2,3)4/h7-10,15,37H,11-14,16-18H2,1-6H3. The molecule has 1 amide bonds. The van der Waals surface area contributed by atoms with Crippen LogP contribution in [0.25, 0.3) is 5.82 Å². The molecule has 2 aromatic rings. The molecule has 0 spiro atoms. The van der Waals surface area contributed by atoms with Crippen molar-refractivity contribution in [3.05, 3.63) is 45.1 Å². The summed E-state index contributed by atoms with van der Waals surface area (Å²) in [6.07, 6.45) is 0.235. The van der Waals surface area contributed by atoms with Crippen LogP contribution in [0.15, 0.2) is 35.3 Å². The Morgan fingerprint density at radius 3 is 2.45 bits per heavy atom. The van der Waals surface area contributed by atoms with Gasteiger partial charge in [0.15, 0.2) is 0 Å². The van der Waals surface area contributed by atoms with E-state index >= 15 is 0 Å². The molecule has 2 aliphatic heterocycles. The smallest absolute Gasteiger partial charge is 0.423 e. The molecule has 4 rings (SSSR count). The van der Waals surface area contributed by atoms with E-state index in [0.29, 0.717) is 11.4 Å². The van der Waals surface area contributed by atoms with Crippen LogP contribution in [0.1, 0.15) is 45.4 Å². The number of rotatable bonds is 6. The fourth-order valence-corrected chi connectivity index (χ4v) is 6.62. The van der Waals surface area contributed by atoms with Crippen molar-refractivity contribution in [2.45, 2.75) is 52.2 Å². The molecule has 0 radical (unpaired) electrons. The minimum atomic E-state index is -0.616. The highest BCUT2D eigenvalue weighted by Gasteiger charge is 2.33. The van der Waals surface area contributed by atoms with Gasteiger partial charge in [-0.05, 0) is 44.0 Å². The van der Waals surface area contributed by atoms with Gasteiger partial charge in [0.1, 0.15) is 10.5 Å². The number of para-hydroxylation sites is 2. The molecule has 3 heterocycles. The number of piperazine rings is 1. The maximum atomic E-state index is 13.7. The van der Waals surface area contributed by atoms with Gasteiger partial charge in [-0.3, -0.25) is 4.79 Å². The monoisotopic (exact) mass is 558 g/mol. The van der Waals surface area contributed by atoms with E-state index in [4.69, 9.17) is 14.5 Å². The maximum Gasteiger partial charge on any atom is 0.423 e. The third-order valence-electron chi connectivity index (χ3n) is 6.46. The molecule has 10 heteroatoms. The van der Waals surface area contributed by atoms with Crippen LogP contribution in [0.3, 0.4) is 0 Å². The number of carbonyl (C=O) groups is 2. The summed E-state index contributed by atoms with van der Waals surface area (Å²) in [4.78, 5) is 38.3. The minimum Gasteiger partial charge on any atom is -0.428 e. The minimum absolute atomic E-state index is 0.0167. The summed E-state index contributed by atoms with van der Waals surface area (Å²) in [6, 6.07) is 9.62. The van der Waals surface area contributed by atoms with Crippen LogP contribution >= 0.6 is 24.0 Å². The molecule has 2 aliphatic rings. The van der Waals surface area contributed by atoms with Crippen molar-refractivity contribution in [2.75, 3.05) is 44.9 Å². The summed E-state index contributed by atoms with van der Waals surface area (Å²) in [5, 5.41) is 0.898. The van der Waals surface area contributed by atoms with Gasteiger partial charge < -0.3 is 19.3 Å². The molecule has 0 bridgehead atoms. The van der Waals surface area contributed by atoms with Crippen molar-refractivity contribution in [1.29, 1.82) is 0 Å². The number of aryl methyl sites for hydroxylation is 1. The van der Waals surface area contributed by atoms with E-state index in [-0.39, 0.29) is 11.8 Å². The van der Waals surface area contributed by atoms with E-state index in [1.807, 2.05) is 38.1 Å². The molecule has 206 valence electrons. The van der Waals surface area contributed by atoms with Crippen LogP contribution in [-0.4, -0.2) is 66.6 Å². The van der Waals surface area contributed by atoms with Crippen molar-refractivity contribution in [3.63, 3.8) is 0 Å². The van der Waals surface area contributed by atoms with E-state index in [9.17, 15) is 9.59 Å². The second-order valence-electron chi connectivity index (χ2n) is 11.6. The highest BCUT2D eigenvalue weighted by atomic mass is 32.1. The second-order valence-corrected chi connectivity index (χ2v) is 13.9. The Morgan fingerprint density at radius 1 is 1.08 bits per heavy atom. The van der Waals surface area contributed by atoms with Gasteiger partial charge in [-0.2, -0.15) is 12.6 Å². The van der Waals surface area contributed by atoms with E-state index in [0.717, 1.165) is 53.2 Å². The van der Waals surface area contributed by atoms with Crippen LogP contribution in [0, 0.1) is 12.3 Å². The zero-order valence-corrected chi connectivity index (χ0v) is 24.8. The van der Waals surface area contributed by atoms with Gasteiger partial charge in [-0.1, -0.05) is 39.8 Å². The number of anilines is 1. The number of thiol groups is 1. The predicted octanol–water partition coefficient (Wildman–Crippen LogP) is 4.29. The van der Waals surface area contributed by atoms with Crippen molar-refractivity contribution in [1.82, 2.24) is 9.80 Å². The molecule has 0 N–H and O–H groups in total. The lowest BCUT2D eigenvalue weighted by Crippen LogP contribution is -2.51. The first kappa shape index (κ1) is 28.4. The highest BCUT2D eigenvalue weighted by molar-refractivity contribution is 7.81. The van der Waals surface area contributed by atoms with E-state index in [2.05, 4.69) is 56.3 Å². The number of nitrogens with zero attached hydrogens (tertiary/aromatic N) is 4. The van der Waals surface area contributed by atoms with Crippen LogP contribution in [0.5, 0.6) is 0 Å². The van der Waals surface area contributed by atoms with Crippen molar-refractivity contribution < 1.29 is 19.1 Å². The van der Waals surface area contributed by atoms with Crippen molar-refractivity contribution in [2.24, 2.45) is 10.4 Å². The summed E-state index contributed by atoms with van der Waals surface area (Å²) in [5.74, 6) is 0.292. The molecule has 38 heavy (non-hydrogen) atoms. The first-order chi connectivity index (χ1) is 17.8. The fourth-order valence-electron chi connectivity index (χ4n) is 5.13. The highest BCUT2D eigenvalue weighted by Crippen LogP contribution is 2.35. The number of carbonyl (C=O) groups excluding carboxylic acids is 2. The average molecular weight is 559 g/mol. The predicted molar refractivity (Wildman–Crippen MR) is 154 cm³/mol. The Labute approximate surface area is 234 Å². The Kier molecular flexibility index (Phi) is 8.44. The zero-order chi connectivity index (χ0) is 27.7. The van der Waals surface area contributed by atoms with E-state index < -0.39 is 23.6 Å². The third-order valence-corrected chi connectivity index (χ3v) is 7.72. The number of ether oxygens (including phenoxy) is 2. The summed E-state index contributed by atoms with van der Waals surface area (Å²) in [7, 11) is 2.09. The Bertz CT molecular complexity index is 1310.